The monoisotopic (exact) mass is 456 g/mol. The molecule has 12 heteroatoms. The van der Waals surface area contributed by atoms with Crippen molar-refractivity contribution in [2.45, 2.75) is 11.8 Å². The minimum atomic E-state index is -4.38. The number of para-hydroxylation sites is 1. The van der Waals surface area contributed by atoms with Gasteiger partial charge >= 0.3 is 5.97 Å². The number of nitrogens with zero attached hydrogens (tertiary/aromatic N) is 2. The van der Waals surface area contributed by atoms with E-state index in [1.165, 1.54) is 43.3 Å². The lowest BCUT2D eigenvalue weighted by Crippen LogP contribution is -2.48. The first-order valence-electron chi connectivity index (χ1n) is 8.93. The van der Waals surface area contributed by atoms with Gasteiger partial charge in [0.05, 0.1) is 21.8 Å². The van der Waals surface area contributed by atoms with Gasteiger partial charge in [0, 0.05) is 0 Å². The standard InChI is InChI=1S/C20H16N4O7S/c1-11-10-12(32(29,30)31)6-7-14(11)21-24-18-17(25)9-8-16(19(18)26)23-22-15-5-3-2-4-13(15)20(27)28/h2-10,21-22H,1H3,(H,27,28)(H,29,30,31). The fourth-order valence-corrected chi connectivity index (χ4v) is 3.23. The Labute approximate surface area is 180 Å². The van der Waals surface area contributed by atoms with Crippen LogP contribution in [0.5, 0.6) is 0 Å². The number of anilines is 2. The van der Waals surface area contributed by atoms with Crippen LogP contribution in [0.25, 0.3) is 0 Å². The molecular weight excluding hydrogens is 440 g/mol. The average molecular weight is 456 g/mol. The zero-order valence-electron chi connectivity index (χ0n) is 16.4. The smallest absolute Gasteiger partial charge is 0.337 e. The highest BCUT2D eigenvalue weighted by atomic mass is 32.2. The van der Waals surface area contributed by atoms with E-state index in [1.54, 1.807) is 6.07 Å². The summed E-state index contributed by atoms with van der Waals surface area (Å²) in [5.41, 5.74) is 4.31. The third-order valence-corrected chi connectivity index (χ3v) is 5.16. The van der Waals surface area contributed by atoms with Gasteiger partial charge in [0.15, 0.2) is 5.36 Å². The number of carboxylic acid groups (broad SMARTS) is 1. The molecule has 0 saturated heterocycles. The maximum atomic E-state index is 12.6. The Morgan fingerprint density at radius 2 is 1.62 bits per heavy atom. The molecule has 32 heavy (non-hydrogen) atoms. The van der Waals surface area contributed by atoms with Crippen molar-refractivity contribution in [2.75, 3.05) is 10.9 Å². The molecule has 3 aromatic rings. The molecule has 0 atom stereocenters. The molecule has 11 nitrogen and oxygen atoms in total. The summed E-state index contributed by atoms with van der Waals surface area (Å²) in [6.45, 7) is 1.54. The van der Waals surface area contributed by atoms with Crippen LogP contribution in [0.4, 0.5) is 11.4 Å². The molecule has 0 aliphatic heterocycles. The molecule has 0 saturated carbocycles. The summed E-state index contributed by atoms with van der Waals surface area (Å²) in [6.07, 6.45) is 0. The summed E-state index contributed by atoms with van der Waals surface area (Å²) in [5, 5.41) is 16.3. The second-order valence-electron chi connectivity index (χ2n) is 6.51. The summed E-state index contributed by atoms with van der Waals surface area (Å²) < 4.78 is 31.5. The number of carboxylic acids is 1. The predicted molar refractivity (Wildman–Crippen MR) is 114 cm³/mol. The number of aryl methyl sites for hydroxylation is 1. The van der Waals surface area contributed by atoms with Crippen molar-refractivity contribution in [1.29, 1.82) is 0 Å². The third kappa shape index (κ3) is 4.94. The van der Waals surface area contributed by atoms with Gasteiger partial charge in [-0.05, 0) is 55.0 Å². The number of carbonyl (C=O) groups is 1. The fourth-order valence-electron chi connectivity index (χ4n) is 2.66. The van der Waals surface area contributed by atoms with E-state index in [0.717, 1.165) is 12.1 Å². The number of aromatic carboxylic acids is 1. The number of nitrogens with one attached hydrogen (secondary N) is 2. The molecule has 0 radical (unpaired) electrons. The summed E-state index contributed by atoms with van der Waals surface area (Å²) in [7, 11) is -4.38. The second-order valence-corrected chi connectivity index (χ2v) is 7.93. The molecule has 0 aliphatic carbocycles. The Bertz CT molecular complexity index is 1540. The first-order valence-corrected chi connectivity index (χ1v) is 10.4. The van der Waals surface area contributed by atoms with Gasteiger partial charge in [-0.2, -0.15) is 18.6 Å². The Kier molecular flexibility index (Phi) is 6.27. The van der Waals surface area contributed by atoms with Crippen LogP contribution in [0.15, 0.2) is 79.3 Å². The Morgan fingerprint density at radius 3 is 2.28 bits per heavy atom. The maximum Gasteiger partial charge on any atom is 0.337 e. The van der Waals surface area contributed by atoms with Crippen molar-refractivity contribution in [3.63, 3.8) is 0 Å². The molecule has 4 N–H and O–H groups in total. The molecule has 0 bridgehead atoms. The molecule has 3 rings (SSSR count). The van der Waals surface area contributed by atoms with Gasteiger partial charge in [-0.15, -0.1) is 0 Å². The van der Waals surface area contributed by atoms with Crippen LogP contribution in [0.2, 0.25) is 0 Å². The largest absolute Gasteiger partial charge is 0.478 e. The van der Waals surface area contributed by atoms with Crippen LogP contribution < -0.4 is 32.4 Å². The predicted octanol–water partition coefficient (Wildman–Crippen LogP) is 0.392. The van der Waals surface area contributed by atoms with E-state index in [1.807, 2.05) is 0 Å². The van der Waals surface area contributed by atoms with E-state index >= 15 is 0 Å². The lowest BCUT2D eigenvalue weighted by molar-refractivity contribution is 0.0698. The molecule has 3 aromatic carbocycles. The number of hydrogen-bond donors (Lipinski definition) is 4. The van der Waals surface area contributed by atoms with Gasteiger partial charge in [-0.1, -0.05) is 12.1 Å². The molecule has 0 amide bonds. The van der Waals surface area contributed by atoms with Gasteiger partial charge in [-0.3, -0.25) is 25.0 Å². The molecule has 164 valence electrons. The van der Waals surface area contributed by atoms with Crippen LogP contribution in [0.1, 0.15) is 15.9 Å². The number of rotatable bonds is 6. The summed E-state index contributed by atoms with van der Waals surface area (Å²) in [5.74, 6) is -1.18. The van der Waals surface area contributed by atoms with E-state index < -0.39 is 32.3 Å². The topological polar surface area (TPSA) is 175 Å². The highest BCUT2D eigenvalue weighted by Crippen LogP contribution is 2.19. The van der Waals surface area contributed by atoms with Crippen molar-refractivity contribution >= 4 is 27.5 Å². The van der Waals surface area contributed by atoms with Crippen LogP contribution in [-0.4, -0.2) is 24.0 Å². The molecular formula is C20H16N4O7S. The molecule has 0 heterocycles. The van der Waals surface area contributed by atoms with Crippen molar-refractivity contribution in [3.8, 4) is 0 Å². The summed E-state index contributed by atoms with van der Waals surface area (Å²) in [4.78, 5) is 35.7. The molecule has 0 spiro atoms. The lowest BCUT2D eigenvalue weighted by Gasteiger charge is -2.06. The van der Waals surface area contributed by atoms with Crippen molar-refractivity contribution in [1.82, 2.24) is 0 Å². The Balaban J connectivity index is 1.98. The van der Waals surface area contributed by atoms with Gasteiger partial charge in [0.2, 0.25) is 10.9 Å². The van der Waals surface area contributed by atoms with E-state index in [2.05, 4.69) is 21.1 Å². The highest BCUT2D eigenvalue weighted by molar-refractivity contribution is 7.85. The molecule has 0 aromatic heterocycles. The maximum absolute atomic E-state index is 12.6. The minimum Gasteiger partial charge on any atom is -0.478 e. The quantitative estimate of drug-likeness (QED) is 0.302. The average Bonchev–Trinajstić information content (AvgIpc) is 2.73. The molecule has 0 aliphatic rings. The van der Waals surface area contributed by atoms with E-state index in [9.17, 15) is 27.9 Å². The van der Waals surface area contributed by atoms with Crippen molar-refractivity contribution in [2.24, 2.45) is 10.2 Å². The zero-order chi connectivity index (χ0) is 23.5. The highest BCUT2D eigenvalue weighted by Gasteiger charge is 2.11. The number of benzene rings is 3. The number of hydrogen-bond acceptors (Lipinski definition) is 9. The first kappa shape index (κ1) is 22.5. The summed E-state index contributed by atoms with van der Waals surface area (Å²) in [6, 6.07) is 11.8. The van der Waals surface area contributed by atoms with Crippen molar-refractivity contribution in [3.05, 3.63) is 96.9 Å². The Hall–Kier alpha value is -4.16. The van der Waals surface area contributed by atoms with Gasteiger partial charge in [0.25, 0.3) is 10.1 Å². The minimum absolute atomic E-state index is 0.0560. The van der Waals surface area contributed by atoms with Crippen LogP contribution in [0, 0.1) is 6.92 Å². The lowest BCUT2D eigenvalue weighted by atomic mass is 10.2. The van der Waals surface area contributed by atoms with Crippen LogP contribution in [0.3, 0.4) is 0 Å². The molecule has 0 fully saturated rings. The fraction of sp³-hybridized carbons (Fsp3) is 0.0500. The molecule has 0 unspecified atom stereocenters. The second kappa shape index (κ2) is 8.91. The van der Waals surface area contributed by atoms with Crippen LogP contribution >= 0.6 is 0 Å². The van der Waals surface area contributed by atoms with E-state index in [4.69, 9.17) is 4.55 Å². The first-order chi connectivity index (χ1) is 15.1. The Morgan fingerprint density at radius 1 is 0.938 bits per heavy atom. The van der Waals surface area contributed by atoms with E-state index in [0.29, 0.717) is 11.3 Å². The zero-order valence-corrected chi connectivity index (χ0v) is 17.3. The normalized spacial score (nSPS) is 12.6. The van der Waals surface area contributed by atoms with E-state index in [-0.39, 0.29) is 21.5 Å². The van der Waals surface area contributed by atoms with Gasteiger partial charge in [0.1, 0.15) is 5.36 Å². The summed E-state index contributed by atoms with van der Waals surface area (Å²) >= 11 is 0. The van der Waals surface area contributed by atoms with Gasteiger partial charge < -0.3 is 5.11 Å². The van der Waals surface area contributed by atoms with Crippen LogP contribution in [-0.2, 0) is 10.1 Å². The van der Waals surface area contributed by atoms with Gasteiger partial charge in [-0.25, -0.2) is 4.79 Å². The SMILES string of the molecule is Cc1cc(S(=O)(=O)O)ccc1NN=c1c(=O)ccc(=NNc2ccccc2C(=O)O)c1=O. The third-order valence-electron chi connectivity index (χ3n) is 4.31. The van der Waals surface area contributed by atoms with Crippen molar-refractivity contribution < 1.29 is 22.9 Å².